The summed E-state index contributed by atoms with van der Waals surface area (Å²) in [5.74, 6) is -1.38. The van der Waals surface area contributed by atoms with E-state index in [1.54, 1.807) is 13.0 Å². The molecule has 0 aromatic carbocycles. The molecule has 0 bridgehead atoms. The van der Waals surface area contributed by atoms with Crippen LogP contribution in [0, 0.1) is 0 Å². The van der Waals surface area contributed by atoms with Gasteiger partial charge < -0.3 is 10.0 Å². The predicted octanol–water partition coefficient (Wildman–Crippen LogP) is 1.40. The number of hydrogen-bond acceptors (Lipinski definition) is 5. The summed E-state index contributed by atoms with van der Waals surface area (Å²) in [5.41, 5.74) is 0. The van der Waals surface area contributed by atoms with Crippen LogP contribution in [0.4, 0.5) is 0 Å². The number of carbonyl (C=O) groups is 2. The summed E-state index contributed by atoms with van der Waals surface area (Å²) in [4.78, 5) is 24.8. The van der Waals surface area contributed by atoms with Crippen molar-refractivity contribution in [1.82, 2.24) is 9.21 Å². The fraction of sp³-hybridized carbons (Fsp3) is 0.600. The highest BCUT2D eigenvalue weighted by atomic mass is 32.2. The summed E-state index contributed by atoms with van der Waals surface area (Å²) in [6, 6.07) is 3.17. The molecule has 1 aromatic rings. The summed E-state index contributed by atoms with van der Waals surface area (Å²) < 4.78 is 26.9. The van der Waals surface area contributed by atoms with E-state index in [1.165, 1.54) is 15.3 Å². The number of amides is 1. The van der Waals surface area contributed by atoms with E-state index in [1.807, 2.05) is 0 Å². The minimum Gasteiger partial charge on any atom is -0.480 e. The van der Waals surface area contributed by atoms with E-state index in [-0.39, 0.29) is 23.1 Å². The predicted molar refractivity (Wildman–Crippen MR) is 90.5 cm³/mol. The Morgan fingerprint density at radius 3 is 2.50 bits per heavy atom. The fourth-order valence-corrected chi connectivity index (χ4v) is 5.64. The van der Waals surface area contributed by atoms with Gasteiger partial charge in [0.2, 0.25) is 5.91 Å². The first-order chi connectivity index (χ1) is 11.3. The van der Waals surface area contributed by atoms with E-state index < -0.39 is 16.0 Å². The first kappa shape index (κ1) is 18.9. The van der Waals surface area contributed by atoms with Crippen LogP contribution in [0.25, 0.3) is 0 Å². The Morgan fingerprint density at radius 1 is 1.25 bits per heavy atom. The van der Waals surface area contributed by atoms with Crippen molar-refractivity contribution in [2.75, 3.05) is 26.2 Å². The molecule has 7 nitrogen and oxygen atoms in total. The Morgan fingerprint density at radius 2 is 1.92 bits per heavy atom. The average Bonchev–Trinajstić information content (AvgIpc) is 3.02. The van der Waals surface area contributed by atoms with Gasteiger partial charge in [-0.3, -0.25) is 9.59 Å². The lowest BCUT2D eigenvalue weighted by Crippen LogP contribution is -2.36. The molecule has 1 amide bonds. The van der Waals surface area contributed by atoms with Gasteiger partial charge in [-0.05, 0) is 31.9 Å². The highest BCUT2D eigenvalue weighted by Crippen LogP contribution is 2.27. The number of likely N-dealkylation sites (N-methyl/N-ethyl adjacent to an activating group) is 1. The second kappa shape index (κ2) is 8.09. The lowest BCUT2D eigenvalue weighted by atomic mass is 10.2. The molecule has 2 heterocycles. The number of nitrogens with zero attached hydrogens (tertiary/aromatic N) is 2. The average molecular weight is 374 g/mol. The van der Waals surface area contributed by atoms with Crippen LogP contribution in [0.5, 0.6) is 0 Å². The van der Waals surface area contributed by atoms with Crippen molar-refractivity contribution < 1.29 is 23.1 Å². The topological polar surface area (TPSA) is 95.0 Å². The summed E-state index contributed by atoms with van der Waals surface area (Å²) in [6.45, 7) is 2.74. The molecular formula is C15H22N2O5S2. The largest absolute Gasteiger partial charge is 0.480 e. The van der Waals surface area contributed by atoms with Gasteiger partial charge in [-0.15, -0.1) is 11.3 Å². The van der Waals surface area contributed by atoms with Gasteiger partial charge in [-0.25, -0.2) is 8.42 Å². The second-order valence-corrected chi connectivity index (χ2v) is 9.00. The monoisotopic (exact) mass is 374 g/mol. The summed E-state index contributed by atoms with van der Waals surface area (Å²) in [5, 5.41) is 8.81. The van der Waals surface area contributed by atoms with E-state index in [2.05, 4.69) is 0 Å². The molecule has 134 valence electrons. The van der Waals surface area contributed by atoms with Crippen molar-refractivity contribution in [2.24, 2.45) is 0 Å². The zero-order chi connectivity index (χ0) is 17.7. The third-order valence-electron chi connectivity index (χ3n) is 3.93. The van der Waals surface area contributed by atoms with Crippen molar-refractivity contribution >= 4 is 33.2 Å². The van der Waals surface area contributed by atoms with Gasteiger partial charge in [0, 0.05) is 24.5 Å². The lowest BCUT2D eigenvalue weighted by Gasteiger charge is -2.25. The Kier molecular flexibility index (Phi) is 6.36. The maximum atomic E-state index is 12.6. The highest BCUT2D eigenvalue weighted by Gasteiger charge is 2.27. The van der Waals surface area contributed by atoms with Crippen molar-refractivity contribution in [1.29, 1.82) is 0 Å². The summed E-state index contributed by atoms with van der Waals surface area (Å²) >= 11 is 1.08. The molecule has 0 aliphatic carbocycles. The van der Waals surface area contributed by atoms with E-state index in [0.717, 1.165) is 30.6 Å². The van der Waals surface area contributed by atoms with Crippen LogP contribution < -0.4 is 0 Å². The standard InChI is InChI=1S/C15H22N2O5S2/c1-2-16(11-14(19)20)13(18)10-12-6-7-15(23-12)24(21,22)17-8-4-3-5-9-17/h6-7H,2-5,8-11H2,1H3,(H,19,20). The molecule has 1 N–H and O–H groups in total. The van der Waals surface area contributed by atoms with Crippen molar-refractivity contribution in [3.8, 4) is 0 Å². The maximum absolute atomic E-state index is 12.6. The van der Waals surface area contributed by atoms with Crippen LogP contribution in [0.1, 0.15) is 31.1 Å². The van der Waals surface area contributed by atoms with Gasteiger partial charge in [0.15, 0.2) is 0 Å². The molecule has 0 radical (unpaired) electrons. The molecule has 1 fully saturated rings. The van der Waals surface area contributed by atoms with Gasteiger partial charge in [0.25, 0.3) is 10.0 Å². The maximum Gasteiger partial charge on any atom is 0.323 e. The third kappa shape index (κ3) is 4.55. The van der Waals surface area contributed by atoms with Crippen LogP contribution >= 0.6 is 11.3 Å². The molecule has 1 aliphatic heterocycles. The van der Waals surface area contributed by atoms with E-state index in [9.17, 15) is 18.0 Å². The van der Waals surface area contributed by atoms with Gasteiger partial charge in [-0.1, -0.05) is 6.42 Å². The minimum absolute atomic E-state index is 0.0152. The van der Waals surface area contributed by atoms with Gasteiger partial charge in [-0.2, -0.15) is 4.31 Å². The van der Waals surface area contributed by atoms with E-state index in [4.69, 9.17) is 5.11 Å². The minimum atomic E-state index is -3.49. The molecule has 1 saturated heterocycles. The molecule has 24 heavy (non-hydrogen) atoms. The number of aliphatic carboxylic acids is 1. The first-order valence-corrected chi connectivity index (χ1v) is 10.2. The van der Waals surface area contributed by atoms with Crippen LogP contribution in [-0.2, 0) is 26.0 Å². The lowest BCUT2D eigenvalue weighted by molar-refractivity contribution is -0.144. The van der Waals surface area contributed by atoms with Crippen molar-refractivity contribution in [3.05, 3.63) is 17.0 Å². The number of hydrogen-bond donors (Lipinski definition) is 1. The Hall–Kier alpha value is -1.45. The first-order valence-electron chi connectivity index (χ1n) is 7.93. The summed E-state index contributed by atoms with van der Waals surface area (Å²) in [7, 11) is -3.49. The molecule has 0 unspecified atom stereocenters. The zero-order valence-corrected chi connectivity index (χ0v) is 15.2. The quantitative estimate of drug-likeness (QED) is 0.778. The van der Waals surface area contributed by atoms with E-state index in [0.29, 0.717) is 24.5 Å². The molecule has 1 aromatic heterocycles. The van der Waals surface area contributed by atoms with Crippen molar-refractivity contribution in [3.63, 3.8) is 0 Å². The summed E-state index contributed by atoms with van der Waals surface area (Å²) in [6.07, 6.45) is 2.81. The van der Waals surface area contributed by atoms with Crippen LogP contribution in [-0.4, -0.2) is 60.8 Å². The van der Waals surface area contributed by atoms with Gasteiger partial charge in [0.1, 0.15) is 10.8 Å². The molecular weight excluding hydrogens is 352 g/mol. The fourth-order valence-electron chi connectivity index (χ4n) is 2.62. The van der Waals surface area contributed by atoms with E-state index >= 15 is 0 Å². The molecule has 0 atom stereocenters. The normalized spacial score (nSPS) is 16.0. The number of sulfonamides is 1. The smallest absolute Gasteiger partial charge is 0.323 e. The highest BCUT2D eigenvalue weighted by molar-refractivity contribution is 7.91. The number of carbonyl (C=O) groups excluding carboxylic acids is 1. The van der Waals surface area contributed by atoms with Crippen molar-refractivity contribution in [2.45, 2.75) is 36.8 Å². The molecule has 9 heteroatoms. The third-order valence-corrected chi connectivity index (χ3v) is 7.38. The second-order valence-electron chi connectivity index (χ2n) is 5.66. The number of rotatable bonds is 7. The SMILES string of the molecule is CCN(CC(=O)O)C(=O)Cc1ccc(S(=O)(=O)N2CCCCC2)s1. The van der Waals surface area contributed by atoms with Crippen LogP contribution in [0.3, 0.4) is 0 Å². The molecule has 1 aliphatic rings. The molecule has 2 rings (SSSR count). The Balaban J connectivity index is 2.07. The Labute approximate surface area is 145 Å². The number of piperidine rings is 1. The van der Waals surface area contributed by atoms with Gasteiger partial charge >= 0.3 is 5.97 Å². The zero-order valence-electron chi connectivity index (χ0n) is 13.6. The molecule has 0 saturated carbocycles. The van der Waals surface area contributed by atoms with Crippen LogP contribution in [0.15, 0.2) is 16.3 Å². The number of carboxylic acid groups (broad SMARTS) is 1. The number of thiophene rings is 1. The van der Waals surface area contributed by atoms with Crippen LogP contribution in [0.2, 0.25) is 0 Å². The Bertz CT molecular complexity index is 692. The number of carboxylic acids is 1. The van der Waals surface area contributed by atoms with Gasteiger partial charge in [0.05, 0.1) is 6.42 Å². The molecule has 0 spiro atoms.